The summed E-state index contributed by atoms with van der Waals surface area (Å²) < 4.78 is 38.9. The van der Waals surface area contributed by atoms with Gasteiger partial charge in [-0.2, -0.15) is 0 Å². The van der Waals surface area contributed by atoms with Gasteiger partial charge in [-0.05, 0) is 25.1 Å². The van der Waals surface area contributed by atoms with Crippen LogP contribution < -0.4 is 9.64 Å². The summed E-state index contributed by atoms with van der Waals surface area (Å²) >= 11 is 0. The van der Waals surface area contributed by atoms with Crippen molar-refractivity contribution in [3.05, 3.63) is 53.3 Å². The summed E-state index contributed by atoms with van der Waals surface area (Å²) in [7, 11) is 0. The lowest BCUT2D eigenvalue weighted by Gasteiger charge is -2.46. The lowest BCUT2D eigenvalue weighted by molar-refractivity contribution is -0.141. The number of halogens is 2. The third-order valence-electron chi connectivity index (χ3n) is 6.92. The molecule has 35 heavy (non-hydrogen) atoms. The van der Waals surface area contributed by atoms with Gasteiger partial charge in [0.15, 0.2) is 5.82 Å². The van der Waals surface area contributed by atoms with Crippen LogP contribution in [-0.4, -0.2) is 73.9 Å². The van der Waals surface area contributed by atoms with Crippen LogP contribution in [0.25, 0.3) is 5.69 Å². The summed E-state index contributed by atoms with van der Waals surface area (Å²) in [5.74, 6) is 1.00. The molecule has 0 saturated carbocycles. The lowest BCUT2D eigenvalue weighted by Crippen LogP contribution is -2.64. The number of carbonyl (C=O) groups is 1. The summed E-state index contributed by atoms with van der Waals surface area (Å²) in [6.07, 6.45) is -1.54. The molecule has 0 N–H and O–H groups in total. The molecule has 0 unspecified atom stereocenters. The molecule has 3 saturated heterocycles. The SMILES string of the molecule is Cc1nnn(-c2ccc(C(F)F)cc2)c1COc1ccc(N2CC(=O)N3C[C@@H]4C[C@]3(CO4)C2)nn1. The number of alkyl halides is 2. The van der Waals surface area contributed by atoms with Crippen molar-refractivity contribution in [2.24, 2.45) is 0 Å². The van der Waals surface area contributed by atoms with E-state index in [1.807, 2.05) is 9.80 Å². The second kappa shape index (κ2) is 8.22. The van der Waals surface area contributed by atoms with Gasteiger partial charge in [-0.25, -0.2) is 13.5 Å². The van der Waals surface area contributed by atoms with Crippen LogP contribution in [0.5, 0.6) is 5.88 Å². The molecule has 1 aromatic carbocycles. The third-order valence-corrected chi connectivity index (χ3v) is 6.92. The fourth-order valence-electron chi connectivity index (χ4n) is 5.11. The molecule has 10 nitrogen and oxygen atoms in total. The highest BCUT2D eigenvalue weighted by Crippen LogP contribution is 2.41. The van der Waals surface area contributed by atoms with E-state index in [0.29, 0.717) is 48.5 Å². The van der Waals surface area contributed by atoms with E-state index in [4.69, 9.17) is 9.47 Å². The molecule has 0 aliphatic carbocycles. The van der Waals surface area contributed by atoms with E-state index in [0.717, 1.165) is 6.42 Å². The number of anilines is 1. The zero-order chi connectivity index (χ0) is 24.2. The first kappa shape index (κ1) is 21.8. The number of nitrogens with zero attached hydrogens (tertiary/aromatic N) is 7. The number of aryl methyl sites for hydroxylation is 1. The standard InChI is InChI=1S/C23H23F2N7O3/c1-14-18(32(29-26-14)16-4-2-15(3-5-16)22(24)25)11-34-20-7-6-19(27-28-20)30-10-21(33)31-9-17-8-23(31,12-30)13-35-17/h2-7,17,22H,8-13H2,1H3/t17-,23+/m0/s1. The molecular formula is C23H23F2N7O3. The van der Waals surface area contributed by atoms with Crippen molar-refractivity contribution in [3.63, 3.8) is 0 Å². The molecule has 5 heterocycles. The number of rotatable bonds is 6. The number of fused-ring (bicyclic) bond motifs is 1. The van der Waals surface area contributed by atoms with Crippen molar-refractivity contribution in [1.29, 1.82) is 0 Å². The van der Waals surface area contributed by atoms with Crippen molar-refractivity contribution in [1.82, 2.24) is 30.1 Å². The predicted octanol–water partition coefficient (Wildman–Crippen LogP) is 2.07. The van der Waals surface area contributed by atoms with E-state index in [-0.39, 0.29) is 36.3 Å². The monoisotopic (exact) mass is 483 g/mol. The topological polar surface area (TPSA) is 98.5 Å². The van der Waals surface area contributed by atoms with Crippen molar-refractivity contribution in [3.8, 4) is 11.6 Å². The molecule has 2 aromatic heterocycles. The van der Waals surface area contributed by atoms with Crippen LogP contribution in [0, 0.1) is 6.92 Å². The van der Waals surface area contributed by atoms with E-state index in [1.54, 1.807) is 35.9 Å². The minimum Gasteiger partial charge on any atom is -0.470 e. The van der Waals surface area contributed by atoms with E-state index in [1.165, 1.54) is 12.1 Å². The van der Waals surface area contributed by atoms with Gasteiger partial charge < -0.3 is 19.3 Å². The molecule has 3 aromatic rings. The highest BCUT2D eigenvalue weighted by atomic mass is 19.3. The first-order valence-corrected chi connectivity index (χ1v) is 11.4. The molecule has 2 atom stereocenters. The summed E-state index contributed by atoms with van der Waals surface area (Å²) in [6.45, 7) is 4.06. The van der Waals surface area contributed by atoms with Gasteiger partial charge in [0, 0.05) is 31.1 Å². The second-order valence-corrected chi connectivity index (χ2v) is 9.17. The van der Waals surface area contributed by atoms with Gasteiger partial charge >= 0.3 is 0 Å². The van der Waals surface area contributed by atoms with Crippen LogP contribution in [0.2, 0.25) is 0 Å². The summed E-state index contributed by atoms with van der Waals surface area (Å²) in [5.41, 5.74) is 1.58. The van der Waals surface area contributed by atoms with Crippen LogP contribution in [0.3, 0.4) is 0 Å². The average Bonchev–Trinajstić information content (AvgIpc) is 3.55. The number of piperazine rings is 1. The number of morpholine rings is 1. The molecule has 3 aliphatic rings. The Morgan fingerprint density at radius 2 is 2.00 bits per heavy atom. The zero-order valence-corrected chi connectivity index (χ0v) is 19.0. The fourth-order valence-corrected chi connectivity index (χ4v) is 5.11. The van der Waals surface area contributed by atoms with Crippen molar-refractivity contribution >= 4 is 11.7 Å². The smallest absolute Gasteiger partial charge is 0.263 e. The molecule has 2 bridgehead atoms. The Kier molecular flexibility index (Phi) is 5.13. The summed E-state index contributed by atoms with van der Waals surface area (Å²) in [6, 6.07) is 9.35. The number of ether oxygens (including phenoxy) is 2. The van der Waals surface area contributed by atoms with E-state index >= 15 is 0 Å². The van der Waals surface area contributed by atoms with Gasteiger partial charge in [-0.15, -0.1) is 15.3 Å². The van der Waals surface area contributed by atoms with Crippen molar-refractivity contribution in [2.45, 2.75) is 38.0 Å². The Labute approximate surface area is 199 Å². The van der Waals surface area contributed by atoms with Gasteiger partial charge in [0.05, 0.1) is 36.2 Å². The summed E-state index contributed by atoms with van der Waals surface area (Å²) in [4.78, 5) is 16.6. The van der Waals surface area contributed by atoms with Crippen molar-refractivity contribution in [2.75, 3.05) is 31.1 Å². The average molecular weight is 483 g/mol. The molecule has 6 rings (SSSR count). The first-order valence-electron chi connectivity index (χ1n) is 11.4. The maximum Gasteiger partial charge on any atom is 0.263 e. The summed E-state index contributed by atoms with van der Waals surface area (Å²) in [5, 5.41) is 16.7. The largest absolute Gasteiger partial charge is 0.470 e. The molecule has 1 spiro atoms. The van der Waals surface area contributed by atoms with Gasteiger partial charge in [-0.1, -0.05) is 17.3 Å². The number of carbonyl (C=O) groups excluding carboxylic acids is 1. The van der Waals surface area contributed by atoms with Gasteiger partial charge in [0.1, 0.15) is 12.3 Å². The van der Waals surface area contributed by atoms with Crippen LogP contribution in [0.4, 0.5) is 14.6 Å². The number of aromatic nitrogens is 5. The predicted molar refractivity (Wildman–Crippen MR) is 118 cm³/mol. The van der Waals surface area contributed by atoms with E-state index < -0.39 is 6.43 Å². The minimum absolute atomic E-state index is 0.0605. The Balaban J connectivity index is 1.14. The Hall–Kier alpha value is -3.67. The Bertz CT molecular complexity index is 1250. The van der Waals surface area contributed by atoms with Crippen LogP contribution >= 0.6 is 0 Å². The molecule has 3 aliphatic heterocycles. The number of hydrogen-bond donors (Lipinski definition) is 0. The van der Waals surface area contributed by atoms with Crippen LogP contribution in [0.15, 0.2) is 36.4 Å². The zero-order valence-electron chi connectivity index (χ0n) is 19.0. The first-order chi connectivity index (χ1) is 16.9. The van der Waals surface area contributed by atoms with E-state index in [2.05, 4.69) is 20.5 Å². The van der Waals surface area contributed by atoms with Crippen LogP contribution in [0.1, 0.15) is 29.8 Å². The fraction of sp³-hybridized carbons (Fsp3) is 0.435. The maximum atomic E-state index is 12.9. The lowest BCUT2D eigenvalue weighted by atomic mass is 9.95. The van der Waals surface area contributed by atoms with Crippen LogP contribution in [-0.2, 0) is 16.1 Å². The number of amides is 1. The Morgan fingerprint density at radius 1 is 1.17 bits per heavy atom. The number of hydrogen-bond acceptors (Lipinski definition) is 8. The molecule has 182 valence electrons. The normalized spacial score (nSPS) is 23.3. The molecule has 0 radical (unpaired) electrons. The second-order valence-electron chi connectivity index (χ2n) is 9.17. The highest BCUT2D eigenvalue weighted by molar-refractivity contribution is 5.84. The number of benzene rings is 1. The van der Waals surface area contributed by atoms with Gasteiger partial charge in [0.2, 0.25) is 11.8 Å². The highest BCUT2D eigenvalue weighted by Gasteiger charge is 2.57. The quantitative estimate of drug-likeness (QED) is 0.526. The minimum atomic E-state index is -2.53. The van der Waals surface area contributed by atoms with Gasteiger partial charge in [-0.3, -0.25) is 4.79 Å². The van der Waals surface area contributed by atoms with E-state index in [9.17, 15) is 13.6 Å². The maximum absolute atomic E-state index is 12.9. The molecule has 1 amide bonds. The molecular weight excluding hydrogens is 460 g/mol. The molecule has 12 heteroatoms. The van der Waals surface area contributed by atoms with Crippen molar-refractivity contribution < 1.29 is 23.0 Å². The van der Waals surface area contributed by atoms with Gasteiger partial charge in [0.25, 0.3) is 6.43 Å². The molecule has 3 fully saturated rings. The third kappa shape index (κ3) is 3.77. The Morgan fingerprint density at radius 3 is 2.71 bits per heavy atom.